The fraction of sp³-hybridized carbons (Fsp3) is 0.333. The molecule has 0 aromatic rings. The van der Waals surface area contributed by atoms with Gasteiger partial charge in [-0.05, 0) is 34.8 Å². The molecule has 0 radical (unpaired) electrons. The standard InChI is InChI=1S/C3HCl3O4/c4-3(5,6)10-2(9)1(7)8/h(H,7,8). The van der Waals surface area contributed by atoms with Gasteiger partial charge in [0.1, 0.15) is 0 Å². The summed E-state index contributed by atoms with van der Waals surface area (Å²) in [5, 5.41) is 7.89. The fourth-order valence-electron chi connectivity index (χ4n) is 0.149. The highest BCUT2D eigenvalue weighted by molar-refractivity contribution is 6.67. The summed E-state index contributed by atoms with van der Waals surface area (Å²) >= 11 is 14.7. The topological polar surface area (TPSA) is 63.6 Å². The Morgan fingerprint density at radius 3 is 1.80 bits per heavy atom. The molecule has 7 heteroatoms. The van der Waals surface area contributed by atoms with E-state index in [2.05, 4.69) is 4.74 Å². The molecular formula is C3HCl3O4. The van der Waals surface area contributed by atoms with Crippen molar-refractivity contribution in [1.82, 2.24) is 0 Å². The zero-order chi connectivity index (χ0) is 8.36. The molecule has 0 unspecified atom stereocenters. The molecule has 0 rings (SSSR count). The molecule has 0 aromatic heterocycles. The number of carbonyl (C=O) groups excluding carboxylic acids is 1. The van der Waals surface area contributed by atoms with E-state index in [9.17, 15) is 9.59 Å². The first-order valence-electron chi connectivity index (χ1n) is 1.86. The lowest BCUT2D eigenvalue weighted by atomic mass is 10.7. The van der Waals surface area contributed by atoms with Crippen molar-refractivity contribution in [3.05, 3.63) is 0 Å². The van der Waals surface area contributed by atoms with Gasteiger partial charge in [-0.25, -0.2) is 9.59 Å². The molecule has 0 saturated carbocycles. The maximum atomic E-state index is 10.1. The van der Waals surface area contributed by atoms with Crippen LogP contribution in [0.3, 0.4) is 0 Å². The number of esters is 1. The minimum atomic E-state index is -2.31. The number of ether oxygens (including phenoxy) is 1. The van der Waals surface area contributed by atoms with Crippen molar-refractivity contribution in [2.45, 2.75) is 3.98 Å². The minimum Gasteiger partial charge on any atom is -0.473 e. The predicted octanol–water partition coefficient (Wildman–Crippen LogP) is 0.942. The Bertz CT molecular complexity index is 160. The quantitative estimate of drug-likeness (QED) is 0.365. The van der Waals surface area contributed by atoms with E-state index in [1.165, 1.54) is 0 Å². The third-order valence-corrected chi connectivity index (χ3v) is 0.615. The molecule has 0 aromatic carbocycles. The van der Waals surface area contributed by atoms with Gasteiger partial charge in [0.15, 0.2) is 0 Å². The van der Waals surface area contributed by atoms with Gasteiger partial charge < -0.3 is 9.84 Å². The Kier molecular flexibility index (Phi) is 3.21. The van der Waals surface area contributed by atoms with E-state index >= 15 is 0 Å². The van der Waals surface area contributed by atoms with Gasteiger partial charge in [-0.3, -0.25) is 0 Å². The van der Waals surface area contributed by atoms with Crippen LogP contribution in [-0.4, -0.2) is 21.0 Å². The normalized spacial score (nSPS) is 10.7. The highest BCUT2D eigenvalue weighted by Gasteiger charge is 2.28. The van der Waals surface area contributed by atoms with Crippen LogP contribution >= 0.6 is 34.8 Å². The Morgan fingerprint density at radius 2 is 1.70 bits per heavy atom. The summed E-state index contributed by atoms with van der Waals surface area (Å²) < 4.78 is 1.45. The van der Waals surface area contributed by atoms with E-state index in [4.69, 9.17) is 39.9 Å². The van der Waals surface area contributed by atoms with Crippen molar-refractivity contribution in [3.8, 4) is 0 Å². The largest absolute Gasteiger partial charge is 0.473 e. The van der Waals surface area contributed by atoms with Crippen molar-refractivity contribution < 1.29 is 19.4 Å². The molecule has 1 N–H and O–H groups in total. The number of hydrogen-bond acceptors (Lipinski definition) is 3. The number of rotatable bonds is 0. The highest BCUT2D eigenvalue weighted by Crippen LogP contribution is 2.27. The molecule has 58 valence electrons. The van der Waals surface area contributed by atoms with Crippen LogP contribution < -0.4 is 0 Å². The van der Waals surface area contributed by atoms with Gasteiger partial charge in [-0.2, -0.15) is 0 Å². The third kappa shape index (κ3) is 4.67. The van der Waals surface area contributed by atoms with Crippen LogP contribution in [0.1, 0.15) is 0 Å². The van der Waals surface area contributed by atoms with Crippen LogP contribution in [0.4, 0.5) is 0 Å². The fourth-order valence-corrected chi connectivity index (χ4v) is 0.359. The molecule has 0 saturated heterocycles. The van der Waals surface area contributed by atoms with E-state index < -0.39 is 15.9 Å². The third-order valence-electron chi connectivity index (χ3n) is 0.383. The molecule has 10 heavy (non-hydrogen) atoms. The summed E-state index contributed by atoms with van der Waals surface area (Å²) in [6.45, 7) is 0. The molecule has 0 amide bonds. The number of halogens is 3. The van der Waals surface area contributed by atoms with Crippen molar-refractivity contribution in [3.63, 3.8) is 0 Å². The van der Waals surface area contributed by atoms with Crippen LogP contribution in [0.5, 0.6) is 0 Å². The first-order chi connectivity index (χ1) is 4.33. The number of carboxylic acids is 1. The number of hydrogen-bond donors (Lipinski definition) is 1. The van der Waals surface area contributed by atoms with Crippen molar-refractivity contribution >= 4 is 46.7 Å². The zero-order valence-corrected chi connectivity index (χ0v) is 6.57. The molecule has 0 aliphatic carbocycles. The summed E-state index contributed by atoms with van der Waals surface area (Å²) in [7, 11) is 0. The number of aliphatic carboxylic acids is 1. The summed E-state index contributed by atoms with van der Waals surface area (Å²) in [5.41, 5.74) is 0. The van der Waals surface area contributed by atoms with E-state index in [0.29, 0.717) is 0 Å². The average molecular weight is 207 g/mol. The SMILES string of the molecule is O=C(O)C(=O)OC(Cl)(Cl)Cl. The Balaban J connectivity index is 3.93. The first-order valence-corrected chi connectivity index (χ1v) is 2.99. The van der Waals surface area contributed by atoms with Crippen molar-refractivity contribution in [1.29, 1.82) is 0 Å². The van der Waals surface area contributed by atoms with Gasteiger partial charge in [-0.15, -0.1) is 0 Å². The summed E-state index contributed by atoms with van der Waals surface area (Å²) in [5.74, 6) is -3.42. The second-order valence-electron chi connectivity index (χ2n) is 1.14. The predicted molar refractivity (Wildman–Crippen MR) is 34.0 cm³/mol. The second-order valence-corrected chi connectivity index (χ2v) is 3.32. The molecule has 0 atom stereocenters. The highest BCUT2D eigenvalue weighted by atomic mass is 35.6. The lowest BCUT2D eigenvalue weighted by molar-refractivity contribution is -0.164. The summed E-state index contributed by atoms with van der Waals surface area (Å²) in [6.07, 6.45) is 0. The van der Waals surface area contributed by atoms with Crippen molar-refractivity contribution in [2.75, 3.05) is 0 Å². The van der Waals surface area contributed by atoms with Gasteiger partial charge in [0.05, 0.1) is 0 Å². The van der Waals surface area contributed by atoms with E-state index in [1.807, 2.05) is 0 Å². The molecule has 0 bridgehead atoms. The van der Waals surface area contributed by atoms with Crippen LogP contribution in [0.2, 0.25) is 0 Å². The first kappa shape index (κ1) is 9.81. The Hall–Kier alpha value is -0.190. The summed E-state index contributed by atoms with van der Waals surface area (Å²) in [6, 6.07) is 0. The molecule has 0 aliphatic heterocycles. The monoisotopic (exact) mass is 206 g/mol. The lowest BCUT2D eigenvalue weighted by Gasteiger charge is -2.08. The smallest absolute Gasteiger partial charge is 0.420 e. The van der Waals surface area contributed by atoms with Gasteiger partial charge in [-0.1, -0.05) is 0 Å². The van der Waals surface area contributed by atoms with E-state index in [-0.39, 0.29) is 0 Å². The number of alkyl halides is 3. The number of carbonyl (C=O) groups is 2. The van der Waals surface area contributed by atoms with Crippen LogP contribution in [-0.2, 0) is 14.3 Å². The zero-order valence-electron chi connectivity index (χ0n) is 4.31. The molecule has 0 aliphatic rings. The maximum absolute atomic E-state index is 10.1. The molecule has 4 nitrogen and oxygen atoms in total. The van der Waals surface area contributed by atoms with Crippen LogP contribution in [0.15, 0.2) is 0 Å². The van der Waals surface area contributed by atoms with Crippen LogP contribution in [0.25, 0.3) is 0 Å². The molecular weight excluding hydrogens is 206 g/mol. The molecule has 0 spiro atoms. The average Bonchev–Trinajstić information content (AvgIpc) is 1.60. The molecule has 0 heterocycles. The van der Waals surface area contributed by atoms with Crippen molar-refractivity contribution in [2.24, 2.45) is 0 Å². The maximum Gasteiger partial charge on any atom is 0.420 e. The minimum absolute atomic E-state index is 1.61. The van der Waals surface area contributed by atoms with Crippen LogP contribution in [0, 0.1) is 0 Å². The van der Waals surface area contributed by atoms with Gasteiger partial charge in [0.2, 0.25) is 0 Å². The van der Waals surface area contributed by atoms with Gasteiger partial charge in [0.25, 0.3) is 0 Å². The number of carboxylic acid groups (broad SMARTS) is 1. The lowest BCUT2D eigenvalue weighted by Crippen LogP contribution is -2.23. The van der Waals surface area contributed by atoms with Gasteiger partial charge >= 0.3 is 15.9 Å². The van der Waals surface area contributed by atoms with E-state index in [1.54, 1.807) is 0 Å². The summed E-state index contributed by atoms with van der Waals surface area (Å²) in [4.78, 5) is 19.8. The second kappa shape index (κ2) is 3.27. The van der Waals surface area contributed by atoms with Gasteiger partial charge in [0, 0.05) is 0 Å². The Morgan fingerprint density at radius 1 is 1.30 bits per heavy atom. The Labute approximate surface area is 70.6 Å². The molecule has 0 fully saturated rings. The van der Waals surface area contributed by atoms with E-state index in [0.717, 1.165) is 0 Å².